The van der Waals surface area contributed by atoms with Crippen LogP contribution in [0.1, 0.15) is 28.8 Å². The van der Waals surface area contributed by atoms with E-state index in [0.717, 1.165) is 25.2 Å². The highest BCUT2D eigenvalue weighted by atomic mass is 16.2. The van der Waals surface area contributed by atoms with E-state index in [1.54, 1.807) is 6.07 Å². The fraction of sp³-hybridized carbons (Fsp3) is 0.533. The number of nitrogens with one attached hydrogen (secondary N) is 1. The van der Waals surface area contributed by atoms with Crippen LogP contribution in [0.15, 0.2) is 24.3 Å². The summed E-state index contributed by atoms with van der Waals surface area (Å²) in [7, 11) is 4.33. The van der Waals surface area contributed by atoms with E-state index in [4.69, 9.17) is 5.84 Å². The van der Waals surface area contributed by atoms with E-state index in [9.17, 15) is 4.79 Å². The monoisotopic (exact) mass is 276 g/mol. The molecule has 1 aromatic carbocycles. The number of nitrogen functional groups attached to an aromatic ring is 1. The summed E-state index contributed by atoms with van der Waals surface area (Å²) >= 11 is 0. The summed E-state index contributed by atoms with van der Waals surface area (Å²) < 4.78 is 0. The van der Waals surface area contributed by atoms with Gasteiger partial charge in [-0.25, -0.2) is 5.84 Å². The number of nitrogens with two attached hydrogens (primary N) is 1. The Bertz CT molecular complexity index is 455. The van der Waals surface area contributed by atoms with Gasteiger partial charge in [-0.15, -0.1) is 0 Å². The quantitative estimate of drug-likeness (QED) is 0.485. The Morgan fingerprint density at radius 3 is 2.80 bits per heavy atom. The molecule has 0 aliphatic carbocycles. The van der Waals surface area contributed by atoms with Crippen LogP contribution in [0.3, 0.4) is 0 Å². The number of rotatable bonds is 4. The van der Waals surface area contributed by atoms with Crippen LogP contribution >= 0.6 is 0 Å². The number of benzene rings is 1. The van der Waals surface area contributed by atoms with Crippen LogP contribution in [-0.2, 0) is 6.54 Å². The Morgan fingerprint density at radius 1 is 1.45 bits per heavy atom. The van der Waals surface area contributed by atoms with Crippen molar-refractivity contribution in [3.8, 4) is 0 Å². The van der Waals surface area contributed by atoms with E-state index in [2.05, 4.69) is 35.4 Å². The van der Waals surface area contributed by atoms with Crippen LogP contribution < -0.4 is 11.3 Å². The molecule has 0 bridgehead atoms. The molecule has 1 heterocycles. The van der Waals surface area contributed by atoms with E-state index in [1.165, 1.54) is 12.8 Å². The number of likely N-dealkylation sites (tertiary alicyclic amines) is 1. The number of carbonyl (C=O) groups is 1. The van der Waals surface area contributed by atoms with Gasteiger partial charge in [-0.1, -0.05) is 12.1 Å². The maximum Gasteiger partial charge on any atom is 0.265 e. The molecule has 0 spiro atoms. The number of hydrazine groups is 1. The van der Waals surface area contributed by atoms with Crippen molar-refractivity contribution < 1.29 is 4.79 Å². The van der Waals surface area contributed by atoms with Gasteiger partial charge in [0.2, 0.25) is 0 Å². The maximum atomic E-state index is 11.5. The topological polar surface area (TPSA) is 61.6 Å². The average Bonchev–Trinajstić information content (AvgIpc) is 2.47. The molecule has 1 saturated heterocycles. The number of nitrogens with zero attached hydrogens (tertiary/aromatic N) is 2. The number of hydrogen-bond acceptors (Lipinski definition) is 4. The van der Waals surface area contributed by atoms with Gasteiger partial charge in [0.05, 0.1) is 0 Å². The summed E-state index contributed by atoms with van der Waals surface area (Å²) in [5, 5.41) is 0. The fourth-order valence-electron chi connectivity index (χ4n) is 2.75. The molecule has 1 aliphatic heterocycles. The summed E-state index contributed by atoms with van der Waals surface area (Å²) in [6, 6.07) is 8.27. The van der Waals surface area contributed by atoms with Crippen molar-refractivity contribution >= 4 is 5.91 Å². The molecule has 5 heteroatoms. The second-order valence-electron chi connectivity index (χ2n) is 5.62. The first kappa shape index (κ1) is 15.0. The van der Waals surface area contributed by atoms with Gasteiger partial charge in [-0.3, -0.25) is 15.1 Å². The van der Waals surface area contributed by atoms with Crippen LogP contribution in [-0.4, -0.2) is 48.9 Å². The lowest BCUT2D eigenvalue weighted by Gasteiger charge is -2.35. The van der Waals surface area contributed by atoms with Gasteiger partial charge < -0.3 is 4.90 Å². The number of hydrogen-bond donors (Lipinski definition) is 2. The van der Waals surface area contributed by atoms with E-state index in [-0.39, 0.29) is 5.91 Å². The van der Waals surface area contributed by atoms with Crippen molar-refractivity contribution in [3.05, 3.63) is 35.4 Å². The Labute approximate surface area is 120 Å². The summed E-state index contributed by atoms with van der Waals surface area (Å²) in [5.74, 6) is 4.93. The normalized spacial score (nSPS) is 17.4. The molecule has 1 aliphatic rings. The van der Waals surface area contributed by atoms with Crippen LogP contribution in [0.25, 0.3) is 0 Å². The van der Waals surface area contributed by atoms with Gasteiger partial charge in [0.15, 0.2) is 0 Å². The van der Waals surface area contributed by atoms with E-state index >= 15 is 0 Å². The van der Waals surface area contributed by atoms with Crippen LogP contribution in [0, 0.1) is 0 Å². The van der Waals surface area contributed by atoms with Gasteiger partial charge in [0.25, 0.3) is 5.91 Å². The molecule has 0 radical (unpaired) electrons. The fourth-order valence-corrected chi connectivity index (χ4v) is 2.75. The van der Waals surface area contributed by atoms with Crippen LogP contribution in [0.4, 0.5) is 0 Å². The third-order valence-electron chi connectivity index (χ3n) is 4.06. The highest BCUT2D eigenvalue weighted by Crippen LogP contribution is 2.17. The summed E-state index contributed by atoms with van der Waals surface area (Å²) in [6.45, 7) is 3.18. The molecule has 0 aromatic heterocycles. The minimum absolute atomic E-state index is 0.242. The zero-order valence-electron chi connectivity index (χ0n) is 12.3. The Hall–Kier alpha value is -1.43. The summed E-state index contributed by atoms with van der Waals surface area (Å²) in [4.78, 5) is 16.3. The first-order valence-electron chi connectivity index (χ1n) is 7.09. The minimum atomic E-state index is -0.242. The zero-order chi connectivity index (χ0) is 14.5. The van der Waals surface area contributed by atoms with Gasteiger partial charge >= 0.3 is 0 Å². The van der Waals surface area contributed by atoms with Gasteiger partial charge in [0.1, 0.15) is 0 Å². The Balaban J connectivity index is 1.97. The lowest BCUT2D eigenvalue weighted by Crippen LogP contribution is -2.41. The molecular weight excluding hydrogens is 252 g/mol. The van der Waals surface area contributed by atoms with Gasteiger partial charge in [-0.2, -0.15) is 0 Å². The van der Waals surface area contributed by atoms with Crippen molar-refractivity contribution in [1.82, 2.24) is 15.2 Å². The zero-order valence-corrected chi connectivity index (χ0v) is 12.3. The largest absolute Gasteiger partial charge is 0.306 e. The first-order valence-corrected chi connectivity index (χ1v) is 7.09. The lowest BCUT2D eigenvalue weighted by atomic mass is 10.0. The lowest BCUT2D eigenvalue weighted by molar-refractivity contribution is 0.0953. The number of amides is 1. The molecule has 0 unspecified atom stereocenters. The van der Waals surface area contributed by atoms with Crippen molar-refractivity contribution in [2.75, 3.05) is 27.2 Å². The number of piperidine rings is 1. The molecular formula is C15H24N4O. The molecule has 20 heavy (non-hydrogen) atoms. The standard InChI is InChI=1S/C15H24N4O/c1-18-8-6-14(7-9-18)19(2)11-12-4-3-5-13(10-12)15(20)17-16/h3-5,10,14H,6-9,11,16H2,1-2H3,(H,17,20). The second-order valence-corrected chi connectivity index (χ2v) is 5.62. The SMILES string of the molecule is CN1CCC(N(C)Cc2cccc(C(=O)NN)c2)CC1. The molecule has 1 fully saturated rings. The summed E-state index contributed by atoms with van der Waals surface area (Å²) in [5.41, 5.74) is 3.93. The highest BCUT2D eigenvalue weighted by Gasteiger charge is 2.20. The minimum Gasteiger partial charge on any atom is -0.306 e. The predicted octanol–water partition coefficient (Wildman–Crippen LogP) is 0.816. The molecule has 0 atom stereocenters. The van der Waals surface area contributed by atoms with Crippen molar-refractivity contribution in [2.24, 2.45) is 5.84 Å². The average molecular weight is 276 g/mol. The van der Waals surface area contributed by atoms with E-state index in [1.807, 2.05) is 12.1 Å². The molecule has 3 N–H and O–H groups in total. The van der Waals surface area contributed by atoms with E-state index < -0.39 is 0 Å². The molecule has 110 valence electrons. The predicted molar refractivity (Wildman–Crippen MR) is 80.1 cm³/mol. The third kappa shape index (κ3) is 3.79. The van der Waals surface area contributed by atoms with Gasteiger partial charge in [0, 0.05) is 18.2 Å². The van der Waals surface area contributed by atoms with Crippen LogP contribution in [0.2, 0.25) is 0 Å². The molecule has 5 nitrogen and oxygen atoms in total. The van der Waals surface area contributed by atoms with Crippen LogP contribution in [0.5, 0.6) is 0 Å². The molecule has 2 rings (SSSR count). The maximum absolute atomic E-state index is 11.5. The highest BCUT2D eigenvalue weighted by molar-refractivity contribution is 5.93. The second kappa shape index (κ2) is 6.83. The number of carbonyl (C=O) groups excluding carboxylic acids is 1. The van der Waals surface area contributed by atoms with E-state index in [0.29, 0.717) is 11.6 Å². The molecule has 0 saturated carbocycles. The first-order chi connectivity index (χ1) is 9.60. The van der Waals surface area contributed by atoms with Gasteiger partial charge in [-0.05, 0) is 57.7 Å². The molecule has 1 amide bonds. The van der Waals surface area contributed by atoms with Crippen molar-refractivity contribution in [2.45, 2.75) is 25.4 Å². The Morgan fingerprint density at radius 2 is 2.15 bits per heavy atom. The third-order valence-corrected chi connectivity index (χ3v) is 4.06. The summed E-state index contributed by atoms with van der Waals surface area (Å²) in [6.07, 6.45) is 2.41. The smallest absolute Gasteiger partial charge is 0.265 e. The molecule has 1 aromatic rings. The van der Waals surface area contributed by atoms with Crippen molar-refractivity contribution in [1.29, 1.82) is 0 Å². The van der Waals surface area contributed by atoms with Crippen molar-refractivity contribution in [3.63, 3.8) is 0 Å². The Kier molecular flexibility index (Phi) is 5.11.